The van der Waals surface area contributed by atoms with Crippen LogP contribution in [0.1, 0.15) is 134 Å². The van der Waals surface area contributed by atoms with E-state index in [0.717, 1.165) is 41.4 Å². The zero-order chi connectivity index (χ0) is 23.6. The number of hydrogen-bond donors (Lipinski definition) is 0. The fourth-order valence-corrected chi connectivity index (χ4v) is 8.04. The van der Waals surface area contributed by atoms with Gasteiger partial charge in [-0.3, -0.25) is 0 Å². The summed E-state index contributed by atoms with van der Waals surface area (Å²) in [6.45, 7) is 4.60. The van der Waals surface area contributed by atoms with Gasteiger partial charge in [0.15, 0.2) is 0 Å². The molecule has 3 fully saturated rings. The average molecular weight is 463 g/mol. The van der Waals surface area contributed by atoms with Crippen LogP contribution >= 0.6 is 0 Å². The molecular formula is C34H54. The Hall–Kier alpha value is -1.04. The third-order valence-corrected chi connectivity index (χ3v) is 10.4. The van der Waals surface area contributed by atoms with E-state index in [0.29, 0.717) is 0 Å². The van der Waals surface area contributed by atoms with E-state index in [2.05, 4.69) is 56.3 Å². The van der Waals surface area contributed by atoms with Crippen molar-refractivity contribution in [3.05, 3.63) is 48.0 Å². The maximum absolute atomic E-state index is 2.44. The second-order valence-electron chi connectivity index (χ2n) is 12.7. The first-order valence-electron chi connectivity index (χ1n) is 15.4. The van der Waals surface area contributed by atoms with Crippen molar-refractivity contribution in [3.63, 3.8) is 0 Å². The molecule has 0 bridgehead atoms. The van der Waals surface area contributed by atoms with Crippen molar-refractivity contribution in [1.82, 2.24) is 0 Å². The van der Waals surface area contributed by atoms with Crippen molar-refractivity contribution in [2.45, 2.75) is 129 Å². The molecule has 3 saturated carbocycles. The zero-order valence-corrected chi connectivity index (χ0v) is 22.6. The molecule has 0 radical (unpaired) electrons. The predicted octanol–water partition coefficient (Wildman–Crippen LogP) is 10.7. The fraction of sp³-hybridized carbons (Fsp3) is 0.765. The summed E-state index contributed by atoms with van der Waals surface area (Å²) in [6.07, 6.45) is 30.2. The lowest BCUT2D eigenvalue weighted by Crippen LogP contribution is -2.26. The van der Waals surface area contributed by atoms with E-state index in [1.165, 1.54) is 70.6 Å². The normalized spacial score (nSPS) is 33.7. The van der Waals surface area contributed by atoms with Crippen molar-refractivity contribution in [3.8, 4) is 0 Å². The predicted molar refractivity (Wildman–Crippen MR) is 149 cm³/mol. The molecule has 0 heteroatoms. The van der Waals surface area contributed by atoms with Crippen LogP contribution in [0.25, 0.3) is 0 Å². The standard InChI is InChI=1S/C34H54/c1-3-4-6-9-28-12-14-29(15-13-28)16-17-30-18-22-33(23-19-30)34-24-20-31(21-25-34)26-27(2)32-10-7-5-8-11-32/h3-5,7-8,10-11,27-31,33-34H,6,9,12-26H2,1-2H3/b4-3+/t27-,28?,29?,30?,31?,33?,34?/m1/s1. The van der Waals surface area contributed by atoms with E-state index >= 15 is 0 Å². The summed E-state index contributed by atoms with van der Waals surface area (Å²) in [5.41, 5.74) is 1.54. The van der Waals surface area contributed by atoms with Gasteiger partial charge in [-0.25, -0.2) is 0 Å². The monoisotopic (exact) mass is 462 g/mol. The third-order valence-electron chi connectivity index (χ3n) is 10.4. The Labute approximate surface area is 212 Å². The van der Waals surface area contributed by atoms with Crippen LogP contribution in [0.4, 0.5) is 0 Å². The molecule has 190 valence electrons. The first kappa shape index (κ1) is 26.0. The molecule has 0 amide bonds. The van der Waals surface area contributed by atoms with Gasteiger partial charge in [0.1, 0.15) is 0 Å². The van der Waals surface area contributed by atoms with Crippen molar-refractivity contribution in [2.75, 3.05) is 0 Å². The molecule has 0 nitrogen and oxygen atoms in total. The van der Waals surface area contributed by atoms with Crippen LogP contribution < -0.4 is 0 Å². The van der Waals surface area contributed by atoms with E-state index in [1.54, 1.807) is 44.1 Å². The Balaban J connectivity index is 1.07. The number of benzene rings is 1. The SMILES string of the molecule is C/C=C/CCC1CCC(CCC2CCC(C3CCC(C[C@@H](C)c4ccccc4)CC3)CC2)CC1. The van der Waals surface area contributed by atoms with Crippen LogP contribution in [0.3, 0.4) is 0 Å². The van der Waals surface area contributed by atoms with Gasteiger partial charge in [0.25, 0.3) is 0 Å². The van der Waals surface area contributed by atoms with Crippen molar-refractivity contribution >= 4 is 0 Å². The molecule has 4 rings (SSSR count). The fourth-order valence-electron chi connectivity index (χ4n) is 8.04. The lowest BCUT2D eigenvalue weighted by molar-refractivity contribution is 0.135. The van der Waals surface area contributed by atoms with E-state index < -0.39 is 0 Å². The largest absolute Gasteiger partial charge is 0.0917 e. The number of rotatable bonds is 10. The molecule has 1 atom stereocenters. The van der Waals surface area contributed by atoms with Crippen LogP contribution in [-0.2, 0) is 0 Å². The lowest BCUT2D eigenvalue weighted by atomic mass is 9.67. The Bertz CT molecular complexity index is 678. The van der Waals surface area contributed by atoms with Gasteiger partial charge < -0.3 is 0 Å². The molecule has 0 aromatic heterocycles. The molecule has 1 aromatic carbocycles. The molecule has 34 heavy (non-hydrogen) atoms. The molecule has 0 spiro atoms. The average Bonchev–Trinajstić information content (AvgIpc) is 2.90. The highest BCUT2D eigenvalue weighted by Crippen LogP contribution is 2.44. The second kappa shape index (κ2) is 13.9. The number of hydrogen-bond acceptors (Lipinski definition) is 0. The highest BCUT2D eigenvalue weighted by Gasteiger charge is 2.31. The maximum Gasteiger partial charge on any atom is -0.0188 e. The highest BCUT2D eigenvalue weighted by molar-refractivity contribution is 5.18. The van der Waals surface area contributed by atoms with Crippen LogP contribution in [0, 0.1) is 35.5 Å². The summed E-state index contributed by atoms with van der Waals surface area (Å²) in [7, 11) is 0. The maximum atomic E-state index is 2.44. The minimum absolute atomic E-state index is 0.728. The van der Waals surface area contributed by atoms with Gasteiger partial charge in [0, 0.05) is 0 Å². The summed E-state index contributed by atoms with van der Waals surface area (Å²) >= 11 is 0. The minimum Gasteiger partial charge on any atom is -0.0917 e. The highest BCUT2D eigenvalue weighted by atomic mass is 14.4. The summed E-state index contributed by atoms with van der Waals surface area (Å²) in [6, 6.07) is 11.2. The Morgan fingerprint density at radius 3 is 1.65 bits per heavy atom. The number of allylic oxidation sites excluding steroid dienone is 2. The molecule has 3 aliphatic rings. The Kier molecular flexibility index (Phi) is 10.6. The van der Waals surface area contributed by atoms with Gasteiger partial charge in [0.2, 0.25) is 0 Å². The minimum atomic E-state index is 0.728. The van der Waals surface area contributed by atoms with Crippen LogP contribution in [-0.4, -0.2) is 0 Å². The third kappa shape index (κ3) is 7.99. The van der Waals surface area contributed by atoms with Gasteiger partial charge in [0.05, 0.1) is 0 Å². The lowest BCUT2D eigenvalue weighted by Gasteiger charge is -2.39. The van der Waals surface area contributed by atoms with Crippen molar-refractivity contribution < 1.29 is 0 Å². The van der Waals surface area contributed by atoms with Gasteiger partial charge in [-0.05, 0) is 98.9 Å². The van der Waals surface area contributed by atoms with Crippen molar-refractivity contribution in [2.24, 2.45) is 35.5 Å². The molecular weight excluding hydrogens is 408 g/mol. The summed E-state index contributed by atoms with van der Waals surface area (Å²) < 4.78 is 0. The van der Waals surface area contributed by atoms with Gasteiger partial charge in [-0.15, -0.1) is 0 Å². The van der Waals surface area contributed by atoms with Crippen LogP contribution in [0.15, 0.2) is 42.5 Å². The zero-order valence-electron chi connectivity index (χ0n) is 22.6. The van der Waals surface area contributed by atoms with Gasteiger partial charge in [-0.2, -0.15) is 0 Å². The smallest absolute Gasteiger partial charge is 0.0188 e. The van der Waals surface area contributed by atoms with E-state index in [9.17, 15) is 0 Å². The van der Waals surface area contributed by atoms with E-state index in [-0.39, 0.29) is 0 Å². The molecule has 0 unspecified atom stereocenters. The van der Waals surface area contributed by atoms with Crippen LogP contribution in [0.2, 0.25) is 0 Å². The first-order valence-corrected chi connectivity index (χ1v) is 15.4. The second-order valence-corrected chi connectivity index (χ2v) is 12.7. The summed E-state index contributed by atoms with van der Waals surface area (Å²) in [5.74, 6) is 6.97. The van der Waals surface area contributed by atoms with Crippen LogP contribution in [0.5, 0.6) is 0 Å². The molecule has 0 saturated heterocycles. The molecule has 0 aliphatic heterocycles. The van der Waals surface area contributed by atoms with E-state index in [1.807, 2.05) is 0 Å². The van der Waals surface area contributed by atoms with Gasteiger partial charge in [-0.1, -0.05) is 114 Å². The summed E-state index contributed by atoms with van der Waals surface area (Å²) in [4.78, 5) is 0. The molecule has 1 aromatic rings. The molecule has 0 heterocycles. The first-order chi connectivity index (χ1) is 16.7. The van der Waals surface area contributed by atoms with E-state index in [4.69, 9.17) is 0 Å². The molecule has 3 aliphatic carbocycles. The topological polar surface area (TPSA) is 0 Å². The van der Waals surface area contributed by atoms with Crippen molar-refractivity contribution in [1.29, 1.82) is 0 Å². The molecule has 0 N–H and O–H groups in total. The quantitative estimate of drug-likeness (QED) is 0.303. The Morgan fingerprint density at radius 2 is 1.12 bits per heavy atom. The Morgan fingerprint density at radius 1 is 0.647 bits per heavy atom. The summed E-state index contributed by atoms with van der Waals surface area (Å²) in [5, 5.41) is 0. The van der Waals surface area contributed by atoms with Gasteiger partial charge >= 0.3 is 0 Å².